The molecule has 0 bridgehead atoms. The van der Waals surface area contributed by atoms with Crippen LogP contribution in [0.15, 0.2) is 52.2 Å². The first-order valence-corrected chi connectivity index (χ1v) is 10.7. The molecule has 3 heterocycles. The van der Waals surface area contributed by atoms with Gasteiger partial charge in [0.2, 0.25) is 5.95 Å². The number of halogens is 2. The van der Waals surface area contributed by atoms with E-state index in [-0.39, 0.29) is 23.5 Å². The van der Waals surface area contributed by atoms with Gasteiger partial charge in [-0.3, -0.25) is 13.9 Å². The molecule has 10 nitrogen and oxygen atoms in total. The van der Waals surface area contributed by atoms with Crippen molar-refractivity contribution in [3.05, 3.63) is 91.2 Å². The molecular weight excluding hydrogens is 465 g/mol. The Morgan fingerprint density at radius 2 is 1.94 bits per heavy atom. The number of hydrogen-bond donors (Lipinski definition) is 1. The van der Waals surface area contributed by atoms with E-state index in [0.29, 0.717) is 29.8 Å². The Morgan fingerprint density at radius 3 is 2.71 bits per heavy atom. The van der Waals surface area contributed by atoms with Gasteiger partial charge < -0.3 is 10.1 Å². The number of nitrogens with zero attached hydrogens (tertiary/aromatic N) is 6. The van der Waals surface area contributed by atoms with Crippen molar-refractivity contribution in [2.24, 2.45) is 7.05 Å². The zero-order chi connectivity index (χ0) is 24.0. The van der Waals surface area contributed by atoms with E-state index in [0.717, 1.165) is 26.6 Å². The number of aryl methyl sites for hydroxylation is 1. The molecule has 174 valence electrons. The predicted octanol–water partition coefficient (Wildman–Crippen LogP) is 2.49. The van der Waals surface area contributed by atoms with Gasteiger partial charge in [0, 0.05) is 12.7 Å². The van der Waals surface area contributed by atoms with Gasteiger partial charge >= 0.3 is 5.69 Å². The normalized spacial score (nSPS) is 15.2. The van der Waals surface area contributed by atoms with Crippen LogP contribution in [0.2, 0.25) is 5.02 Å². The van der Waals surface area contributed by atoms with Gasteiger partial charge in [-0.15, -0.1) is 10.2 Å². The van der Waals surface area contributed by atoms with Gasteiger partial charge in [-0.1, -0.05) is 23.7 Å². The van der Waals surface area contributed by atoms with Crippen LogP contribution in [-0.2, 0) is 18.4 Å². The third kappa shape index (κ3) is 3.78. The molecule has 34 heavy (non-hydrogen) atoms. The summed E-state index contributed by atoms with van der Waals surface area (Å²) in [6.45, 7) is 2.51. The minimum Gasteiger partial charge on any atom is -0.371 e. The monoisotopic (exact) mass is 483 g/mol. The number of ether oxygens (including phenoxy) is 1. The van der Waals surface area contributed by atoms with E-state index < -0.39 is 11.2 Å². The lowest BCUT2D eigenvalue weighted by Crippen LogP contribution is -2.38. The molecule has 0 aliphatic carbocycles. The summed E-state index contributed by atoms with van der Waals surface area (Å²) in [7, 11) is 1.37. The molecule has 0 fully saturated rings. The highest BCUT2D eigenvalue weighted by Crippen LogP contribution is 2.32. The lowest BCUT2D eigenvalue weighted by atomic mass is 10.1. The molecule has 1 aliphatic rings. The average molecular weight is 484 g/mol. The predicted molar refractivity (Wildman–Crippen MR) is 122 cm³/mol. The molecular formula is C22H19ClFN7O3. The molecule has 2 aromatic heterocycles. The third-order valence-electron chi connectivity index (χ3n) is 5.69. The fraction of sp³-hybridized carbons (Fsp3) is 0.227. The zero-order valence-corrected chi connectivity index (χ0v) is 19.0. The molecule has 0 unspecified atom stereocenters. The Labute approximate surface area is 197 Å². The molecule has 0 amide bonds. The van der Waals surface area contributed by atoms with Crippen LogP contribution in [0.5, 0.6) is 0 Å². The second-order valence-corrected chi connectivity index (χ2v) is 8.28. The first kappa shape index (κ1) is 22.0. The molecule has 0 saturated heterocycles. The summed E-state index contributed by atoms with van der Waals surface area (Å²) in [5.41, 5.74) is 1.40. The van der Waals surface area contributed by atoms with E-state index in [9.17, 15) is 14.0 Å². The van der Waals surface area contributed by atoms with E-state index >= 15 is 0 Å². The number of hydrogen-bond acceptors (Lipinski definition) is 7. The Morgan fingerprint density at radius 1 is 1.18 bits per heavy atom. The summed E-state index contributed by atoms with van der Waals surface area (Å²) in [4.78, 5) is 24.3. The quantitative estimate of drug-likeness (QED) is 0.475. The first-order chi connectivity index (χ1) is 16.3. The molecule has 5 rings (SSSR count). The molecule has 12 heteroatoms. The molecule has 4 aromatic rings. The molecule has 0 radical (unpaired) electrons. The minimum absolute atomic E-state index is 0.262. The van der Waals surface area contributed by atoms with Gasteiger partial charge in [0.05, 0.1) is 23.4 Å². The highest BCUT2D eigenvalue weighted by Gasteiger charge is 2.27. The average Bonchev–Trinajstić information content (AvgIpc) is 3.23. The number of nitrogens with one attached hydrogen (secondary N) is 1. The van der Waals surface area contributed by atoms with Crippen LogP contribution in [0.4, 0.5) is 16.0 Å². The van der Waals surface area contributed by atoms with Crippen LogP contribution >= 0.6 is 11.6 Å². The van der Waals surface area contributed by atoms with E-state index in [1.165, 1.54) is 19.2 Å². The van der Waals surface area contributed by atoms with Crippen LogP contribution in [0, 0.1) is 12.7 Å². The summed E-state index contributed by atoms with van der Waals surface area (Å²) >= 11 is 6.42. The molecule has 1 atom stereocenters. The lowest BCUT2D eigenvalue weighted by Gasteiger charge is -2.27. The van der Waals surface area contributed by atoms with Gasteiger partial charge in [0.15, 0.2) is 5.82 Å². The topological polar surface area (TPSA) is 109 Å². The SMILES string of the molecule is Cc1cc(Cl)c(-n2ncc(=O)n(C)c2=O)cc1Nc1nnc2n1[C@H](c1ccc(F)cc1)COC2. The second-order valence-electron chi connectivity index (χ2n) is 7.87. The number of benzene rings is 2. The fourth-order valence-electron chi connectivity index (χ4n) is 3.82. The van der Waals surface area contributed by atoms with Crippen molar-refractivity contribution >= 4 is 23.2 Å². The van der Waals surface area contributed by atoms with Crippen molar-refractivity contribution in [2.45, 2.75) is 19.6 Å². The van der Waals surface area contributed by atoms with Gasteiger partial charge in [0.25, 0.3) is 5.56 Å². The fourth-order valence-corrected chi connectivity index (χ4v) is 4.12. The second kappa shape index (κ2) is 8.50. The largest absolute Gasteiger partial charge is 0.371 e. The number of anilines is 2. The van der Waals surface area contributed by atoms with Crippen LogP contribution in [0.3, 0.4) is 0 Å². The van der Waals surface area contributed by atoms with Crippen LogP contribution < -0.4 is 16.6 Å². The summed E-state index contributed by atoms with van der Waals surface area (Å²) in [6.07, 6.45) is 1.05. The first-order valence-electron chi connectivity index (χ1n) is 10.3. The Kier molecular flexibility index (Phi) is 5.50. The van der Waals surface area contributed by atoms with Crippen molar-refractivity contribution in [2.75, 3.05) is 11.9 Å². The van der Waals surface area contributed by atoms with Gasteiger partial charge in [-0.25, -0.2) is 9.18 Å². The van der Waals surface area contributed by atoms with Crippen molar-refractivity contribution in [1.82, 2.24) is 29.1 Å². The molecule has 1 N–H and O–H groups in total. The van der Waals surface area contributed by atoms with Crippen molar-refractivity contribution in [3.8, 4) is 5.69 Å². The van der Waals surface area contributed by atoms with Crippen LogP contribution in [0.1, 0.15) is 23.0 Å². The highest BCUT2D eigenvalue weighted by molar-refractivity contribution is 6.32. The Hall–Kier alpha value is -3.83. The number of fused-ring (bicyclic) bond motifs is 1. The van der Waals surface area contributed by atoms with Crippen LogP contribution in [-0.4, -0.2) is 35.7 Å². The van der Waals surface area contributed by atoms with Crippen molar-refractivity contribution in [3.63, 3.8) is 0 Å². The molecule has 1 aliphatic heterocycles. The highest BCUT2D eigenvalue weighted by atomic mass is 35.5. The molecule has 0 spiro atoms. The number of aromatic nitrogens is 6. The molecule has 2 aromatic carbocycles. The maximum atomic E-state index is 13.5. The van der Waals surface area contributed by atoms with Crippen molar-refractivity contribution < 1.29 is 9.13 Å². The summed E-state index contributed by atoms with van der Waals surface area (Å²) in [6, 6.07) is 9.28. The summed E-state index contributed by atoms with van der Waals surface area (Å²) in [5, 5.41) is 16.0. The van der Waals surface area contributed by atoms with Crippen molar-refractivity contribution in [1.29, 1.82) is 0 Å². The van der Waals surface area contributed by atoms with E-state index in [1.54, 1.807) is 24.3 Å². The minimum atomic E-state index is -0.627. The maximum Gasteiger partial charge on any atom is 0.351 e. The smallest absolute Gasteiger partial charge is 0.351 e. The summed E-state index contributed by atoms with van der Waals surface area (Å²) in [5.74, 6) is 0.741. The lowest BCUT2D eigenvalue weighted by molar-refractivity contribution is 0.0670. The van der Waals surface area contributed by atoms with Gasteiger partial charge in [0.1, 0.15) is 18.6 Å². The standard InChI is InChI=1S/C22H19ClFN7O3/c1-12-7-15(23)17(31-22(33)29(2)20(32)9-25-31)8-16(12)26-21-28-27-19-11-34-10-18(30(19)21)13-3-5-14(24)6-4-13/h3-9,18H,10-11H2,1-2H3,(H,26,28)/t18-/m0/s1. The van der Waals surface area contributed by atoms with Gasteiger partial charge in [-0.05, 0) is 42.3 Å². The van der Waals surface area contributed by atoms with E-state index in [2.05, 4.69) is 20.6 Å². The summed E-state index contributed by atoms with van der Waals surface area (Å²) < 4.78 is 23.0. The number of rotatable bonds is 4. The molecule has 0 saturated carbocycles. The van der Waals surface area contributed by atoms with Crippen LogP contribution in [0.25, 0.3) is 5.69 Å². The van der Waals surface area contributed by atoms with E-state index in [4.69, 9.17) is 16.3 Å². The Balaban J connectivity index is 1.57. The van der Waals surface area contributed by atoms with Gasteiger partial charge in [-0.2, -0.15) is 9.78 Å². The Bertz CT molecular complexity index is 1510. The third-order valence-corrected chi connectivity index (χ3v) is 5.99. The zero-order valence-electron chi connectivity index (χ0n) is 18.2. The van der Waals surface area contributed by atoms with E-state index in [1.807, 2.05) is 11.5 Å². The maximum absolute atomic E-state index is 13.5.